The summed E-state index contributed by atoms with van der Waals surface area (Å²) in [7, 11) is 0. The number of nitrogens with one attached hydrogen (secondary N) is 1. The fourth-order valence-corrected chi connectivity index (χ4v) is 5.09. The number of thiophene rings is 1. The largest absolute Gasteiger partial charge is 0.484 e. The summed E-state index contributed by atoms with van der Waals surface area (Å²) in [4.78, 5) is 25.4. The minimum Gasteiger partial charge on any atom is -0.484 e. The summed E-state index contributed by atoms with van der Waals surface area (Å²) in [5.41, 5.74) is 5.09. The number of carbonyl (C=O) groups excluding carboxylic acids is 2. The fourth-order valence-electron chi connectivity index (χ4n) is 3.70. The van der Waals surface area contributed by atoms with Crippen LogP contribution in [0.3, 0.4) is 0 Å². The maximum Gasteiger partial charge on any atom is 0.355 e. The second kappa shape index (κ2) is 11.7. The first-order valence-electron chi connectivity index (χ1n) is 11.7. The van der Waals surface area contributed by atoms with Gasteiger partial charge in [-0.15, -0.1) is 11.3 Å². The zero-order valence-corrected chi connectivity index (χ0v) is 21.5. The van der Waals surface area contributed by atoms with Crippen molar-refractivity contribution in [1.82, 2.24) is 5.43 Å². The molecule has 8 heteroatoms. The quantitative estimate of drug-likeness (QED) is 0.0997. The lowest BCUT2D eigenvalue weighted by molar-refractivity contribution is -0.123. The van der Waals surface area contributed by atoms with Crippen LogP contribution in [0, 0.1) is 0 Å². The second-order valence-electron chi connectivity index (χ2n) is 8.14. The van der Waals surface area contributed by atoms with Crippen LogP contribution in [0.15, 0.2) is 108 Å². The number of nitrogens with zero attached hydrogens (tertiary/aromatic N) is 1. The third-order valence-electron chi connectivity index (χ3n) is 5.57. The molecule has 0 atom stereocenters. The van der Waals surface area contributed by atoms with Crippen LogP contribution in [-0.4, -0.2) is 24.7 Å². The van der Waals surface area contributed by atoms with Crippen LogP contribution in [0.5, 0.6) is 11.5 Å². The van der Waals surface area contributed by atoms with E-state index in [1.54, 1.807) is 24.3 Å². The predicted octanol–water partition coefficient (Wildman–Crippen LogP) is 6.97. The van der Waals surface area contributed by atoms with Crippen molar-refractivity contribution < 1.29 is 19.1 Å². The lowest BCUT2D eigenvalue weighted by Crippen LogP contribution is -2.24. The summed E-state index contributed by atoms with van der Waals surface area (Å²) in [6.45, 7) is -0.205. The van der Waals surface area contributed by atoms with Gasteiger partial charge in [0.05, 0.1) is 11.2 Å². The Balaban J connectivity index is 1.17. The van der Waals surface area contributed by atoms with Gasteiger partial charge in [-0.2, -0.15) is 5.10 Å². The molecule has 4 aromatic carbocycles. The van der Waals surface area contributed by atoms with Crippen molar-refractivity contribution >= 4 is 51.1 Å². The Kier molecular flexibility index (Phi) is 7.78. The van der Waals surface area contributed by atoms with Crippen LogP contribution in [0.1, 0.15) is 15.2 Å². The van der Waals surface area contributed by atoms with E-state index in [-0.39, 0.29) is 6.61 Å². The summed E-state index contributed by atoms with van der Waals surface area (Å²) >= 11 is 7.68. The van der Waals surface area contributed by atoms with E-state index < -0.39 is 11.9 Å². The number of halogens is 1. The molecule has 0 spiro atoms. The van der Waals surface area contributed by atoms with Crippen LogP contribution in [-0.2, 0) is 4.79 Å². The summed E-state index contributed by atoms with van der Waals surface area (Å²) in [5.74, 6) is -0.132. The molecule has 1 heterocycles. The van der Waals surface area contributed by atoms with E-state index in [0.29, 0.717) is 27.0 Å². The van der Waals surface area contributed by atoms with Gasteiger partial charge in [-0.25, -0.2) is 10.2 Å². The molecule has 0 radical (unpaired) electrons. The molecule has 1 amide bonds. The predicted molar refractivity (Wildman–Crippen MR) is 151 cm³/mol. The van der Waals surface area contributed by atoms with E-state index in [4.69, 9.17) is 21.1 Å². The highest BCUT2D eigenvalue weighted by atomic mass is 35.5. The summed E-state index contributed by atoms with van der Waals surface area (Å²) < 4.78 is 12.1. The van der Waals surface area contributed by atoms with Crippen molar-refractivity contribution in [2.24, 2.45) is 5.10 Å². The molecule has 0 bridgehead atoms. The van der Waals surface area contributed by atoms with Gasteiger partial charge < -0.3 is 9.47 Å². The van der Waals surface area contributed by atoms with Crippen molar-refractivity contribution in [3.8, 4) is 22.6 Å². The standard InChI is InChI=1S/C30H21ClN2O4S/c31-28-24-11-5-7-13-26(24)38-29(28)30(35)37-25-12-6-4-10-22(25)18-32-33-27(34)19-36-23-16-14-21(15-17-23)20-8-2-1-3-9-20/h1-18H,19H2,(H,33,34). The maximum absolute atomic E-state index is 12.8. The Morgan fingerprint density at radius 1 is 0.842 bits per heavy atom. The smallest absolute Gasteiger partial charge is 0.355 e. The molecular weight excluding hydrogens is 520 g/mol. The molecule has 1 aromatic heterocycles. The van der Waals surface area contributed by atoms with E-state index in [2.05, 4.69) is 10.5 Å². The minimum atomic E-state index is -0.562. The average molecular weight is 541 g/mol. The van der Waals surface area contributed by atoms with Gasteiger partial charge in [0.2, 0.25) is 0 Å². The molecule has 188 valence electrons. The van der Waals surface area contributed by atoms with Gasteiger partial charge in [-0.1, -0.05) is 84.4 Å². The zero-order valence-electron chi connectivity index (χ0n) is 20.0. The molecule has 0 aliphatic carbocycles. The topological polar surface area (TPSA) is 77.0 Å². The number of hydrogen-bond donors (Lipinski definition) is 1. The first-order chi connectivity index (χ1) is 18.6. The highest BCUT2D eigenvalue weighted by Crippen LogP contribution is 2.36. The van der Waals surface area contributed by atoms with E-state index in [9.17, 15) is 9.59 Å². The van der Waals surface area contributed by atoms with Crippen LogP contribution < -0.4 is 14.9 Å². The Bertz CT molecular complexity index is 1610. The number of carbonyl (C=O) groups is 2. The number of rotatable bonds is 8. The summed E-state index contributed by atoms with van der Waals surface area (Å²) in [5, 5.41) is 5.15. The third kappa shape index (κ3) is 5.91. The Labute approximate surface area is 228 Å². The molecule has 38 heavy (non-hydrogen) atoms. The van der Waals surface area contributed by atoms with E-state index in [1.165, 1.54) is 17.6 Å². The van der Waals surface area contributed by atoms with E-state index >= 15 is 0 Å². The molecule has 0 saturated carbocycles. The fraction of sp³-hybridized carbons (Fsp3) is 0.0333. The number of hydrazone groups is 1. The number of amides is 1. The molecule has 0 saturated heterocycles. The van der Waals surface area contributed by atoms with Crippen molar-refractivity contribution in [3.05, 3.63) is 119 Å². The molecule has 1 N–H and O–H groups in total. The van der Waals surface area contributed by atoms with Gasteiger partial charge in [0.15, 0.2) is 6.61 Å². The number of benzene rings is 4. The van der Waals surface area contributed by atoms with Crippen molar-refractivity contribution in [2.75, 3.05) is 6.61 Å². The third-order valence-corrected chi connectivity index (χ3v) is 7.22. The molecule has 0 aliphatic heterocycles. The highest BCUT2D eigenvalue weighted by molar-refractivity contribution is 7.21. The Hall–Kier alpha value is -4.46. The van der Waals surface area contributed by atoms with Gasteiger partial charge in [0.25, 0.3) is 5.91 Å². The lowest BCUT2D eigenvalue weighted by atomic mass is 10.1. The summed E-state index contributed by atoms with van der Waals surface area (Å²) in [6.07, 6.45) is 1.40. The van der Waals surface area contributed by atoms with Crippen molar-refractivity contribution in [3.63, 3.8) is 0 Å². The van der Waals surface area contributed by atoms with E-state index in [1.807, 2.05) is 78.9 Å². The normalized spacial score (nSPS) is 11.0. The molecule has 5 aromatic rings. The number of ether oxygens (including phenoxy) is 2. The number of hydrogen-bond acceptors (Lipinski definition) is 6. The monoisotopic (exact) mass is 540 g/mol. The summed E-state index contributed by atoms with van der Waals surface area (Å²) in [6, 6.07) is 31.9. The van der Waals surface area contributed by atoms with Crippen molar-refractivity contribution in [1.29, 1.82) is 0 Å². The molecule has 6 nitrogen and oxygen atoms in total. The first kappa shape index (κ1) is 25.2. The number of para-hydroxylation sites is 1. The van der Waals surface area contributed by atoms with Gasteiger partial charge in [0, 0.05) is 15.6 Å². The molecule has 0 unspecified atom stereocenters. The molecule has 0 aliphatic rings. The Morgan fingerprint density at radius 3 is 2.32 bits per heavy atom. The second-order valence-corrected chi connectivity index (χ2v) is 9.57. The van der Waals surface area contributed by atoms with Crippen LogP contribution in [0.2, 0.25) is 5.02 Å². The van der Waals surface area contributed by atoms with E-state index in [0.717, 1.165) is 21.2 Å². The van der Waals surface area contributed by atoms with Crippen LogP contribution in [0.25, 0.3) is 21.2 Å². The minimum absolute atomic E-state index is 0.205. The van der Waals surface area contributed by atoms with Gasteiger partial charge in [0.1, 0.15) is 16.4 Å². The van der Waals surface area contributed by atoms with Crippen molar-refractivity contribution in [2.45, 2.75) is 0 Å². The molecule has 0 fully saturated rings. The molecule has 5 rings (SSSR count). The Morgan fingerprint density at radius 2 is 1.53 bits per heavy atom. The number of esters is 1. The van der Waals surface area contributed by atoms with Gasteiger partial charge in [-0.05, 0) is 41.5 Å². The first-order valence-corrected chi connectivity index (χ1v) is 12.9. The number of fused-ring (bicyclic) bond motifs is 1. The van der Waals surface area contributed by atoms with Crippen LogP contribution in [0.4, 0.5) is 0 Å². The maximum atomic E-state index is 12.8. The highest BCUT2D eigenvalue weighted by Gasteiger charge is 2.19. The van der Waals surface area contributed by atoms with Gasteiger partial charge >= 0.3 is 5.97 Å². The molecular formula is C30H21ClN2O4S. The van der Waals surface area contributed by atoms with Gasteiger partial charge in [-0.3, -0.25) is 4.79 Å². The average Bonchev–Trinajstić information content (AvgIpc) is 3.30. The lowest BCUT2D eigenvalue weighted by Gasteiger charge is -2.07. The SMILES string of the molecule is O=C(COc1ccc(-c2ccccc2)cc1)NN=Cc1ccccc1OC(=O)c1sc2ccccc2c1Cl. The van der Waals surface area contributed by atoms with Crippen LogP contribution >= 0.6 is 22.9 Å². The zero-order chi connectivity index (χ0) is 26.3.